The normalized spacial score (nSPS) is 15.2. The molecule has 1 saturated carbocycles. The summed E-state index contributed by atoms with van der Waals surface area (Å²) in [4.78, 5) is 0. The van der Waals surface area contributed by atoms with Gasteiger partial charge in [0.15, 0.2) is 0 Å². The van der Waals surface area contributed by atoms with Crippen LogP contribution in [-0.2, 0) is 0 Å². The van der Waals surface area contributed by atoms with Crippen LogP contribution in [-0.4, -0.2) is 7.11 Å². The molecule has 0 bridgehead atoms. The van der Waals surface area contributed by atoms with Gasteiger partial charge in [-0.1, -0.05) is 75.3 Å². The highest BCUT2D eigenvalue weighted by atomic mass is 16.5. The van der Waals surface area contributed by atoms with E-state index in [1.165, 1.54) is 55.7 Å². The van der Waals surface area contributed by atoms with E-state index in [2.05, 4.69) is 18.2 Å². The smallest absolute Gasteiger partial charge is 0.119 e. The maximum absolute atomic E-state index is 5.12. The fraction of sp³-hybridized carbons (Fsp3) is 0.444. The summed E-state index contributed by atoms with van der Waals surface area (Å²) < 4.78 is 5.12. The maximum atomic E-state index is 5.12. The summed E-state index contributed by atoms with van der Waals surface area (Å²) in [6.45, 7) is 0. The molecule has 102 valence electrons. The Labute approximate surface area is 116 Å². The number of hydrogen-bond acceptors (Lipinski definition) is 1. The van der Waals surface area contributed by atoms with Crippen molar-refractivity contribution in [3.63, 3.8) is 0 Å². The van der Waals surface area contributed by atoms with Crippen LogP contribution in [0.1, 0.15) is 44.9 Å². The van der Waals surface area contributed by atoms with E-state index < -0.39 is 0 Å². The first-order valence-corrected chi connectivity index (χ1v) is 7.43. The van der Waals surface area contributed by atoms with Gasteiger partial charge in [0.25, 0.3) is 0 Å². The monoisotopic (exact) mass is 256 g/mol. The molecule has 0 spiro atoms. The lowest BCUT2D eigenvalue weighted by molar-refractivity contribution is 0.415. The average Bonchev–Trinajstić information content (AvgIpc) is 2.80. The van der Waals surface area contributed by atoms with Crippen molar-refractivity contribution in [2.75, 3.05) is 7.11 Å². The Morgan fingerprint density at radius 3 is 1.74 bits per heavy atom. The van der Waals surface area contributed by atoms with Gasteiger partial charge >= 0.3 is 0 Å². The summed E-state index contributed by atoms with van der Waals surface area (Å²) in [6.07, 6.45) is 10.5. The molecular weight excluding hydrogens is 232 g/mol. The predicted molar refractivity (Wildman–Crippen MR) is 82.8 cm³/mol. The third-order valence-electron chi connectivity index (χ3n) is 3.71. The van der Waals surface area contributed by atoms with Crippen molar-refractivity contribution >= 4 is 10.8 Å². The number of rotatable bonds is 1. The van der Waals surface area contributed by atoms with Gasteiger partial charge in [-0.05, 0) is 22.9 Å². The molecule has 1 fully saturated rings. The SMILES string of the molecule is C1CCCCCC1.COc1ccc2ccccc2c1. The minimum absolute atomic E-state index is 0.911. The van der Waals surface area contributed by atoms with Gasteiger partial charge in [-0.25, -0.2) is 0 Å². The van der Waals surface area contributed by atoms with Gasteiger partial charge in [0, 0.05) is 0 Å². The van der Waals surface area contributed by atoms with E-state index in [4.69, 9.17) is 4.74 Å². The molecule has 1 aliphatic rings. The molecule has 0 amide bonds. The maximum Gasteiger partial charge on any atom is 0.119 e. The number of benzene rings is 2. The predicted octanol–water partition coefficient (Wildman–Crippen LogP) is 5.58. The fourth-order valence-corrected chi connectivity index (χ4v) is 2.53. The highest BCUT2D eigenvalue weighted by molar-refractivity contribution is 5.83. The van der Waals surface area contributed by atoms with Crippen LogP contribution in [0.4, 0.5) is 0 Å². The van der Waals surface area contributed by atoms with E-state index >= 15 is 0 Å². The Balaban J connectivity index is 0.000000163. The lowest BCUT2D eigenvalue weighted by atomic mass is 10.1. The zero-order valence-corrected chi connectivity index (χ0v) is 11.9. The highest BCUT2D eigenvalue weighted by Gasteiger charge is 1.95. The highest BCUT2D eigenvalue weighted by Crippen LogP contribution is 2.19. The number of ether oxygens (including phenoxy) is 1. The number of fused-ring (bicyclic) bond motifs is 1. The third kappa shape index (κ3) is 4.59. The second-order valence-electron chi connectivity index (χ2n) is 5.19. The molecule has 0 heterocycles. The molecule has 0 aliphatic heterocycles. The zero-order valence-electron chi connectivity index (χ0n) is 11.9. The second kappa shape index (κ2) is 7.83. The zero-order chi connectivity index (χ0) is 13.3. The van der Waals surface area contributed by atoms with E-state index in [0.717, 1.165) is 5.75 Å². The molecule has 19 heavy (non-hydrogen) atoms. The first-order valence-electron chi connectivity index (χ1n) is 7.43. The van der Waals surface area contributed by atoms with Crippen molar-refractivity contribution in [3.05, 3.63) is 42.5 Å². The Hall–Kier alpha value is -1.50. The van der Waals surface area contributed by atoms with Crippen LogP contribution in [0.25, 0.3) is 10.8 Å². The first-order chi connectivity index (χ1) is 9.40. The van der Waals surface area contributed by atoms with Crippen LogP contribution in [0.3, 0.4) is 0 Å². The van der Waals surface area contributed by atoms with E-state index in [1.54, 1.807) is 7.11 Å². The van der Waals surface area contributed by atoms with Crippen LogP contribution in [0.5, 0.6) is 5.75 Å². The summed E-state index contributed by atoms with van der Waals surface area (Å²) in [6, 6.07) is 14.3. The minimum Gasteiger partial charge on any atom is -0.497 e. The average molecular weight is 256 g/mol. The van der Waals surface area contributed by atoms with Crippen molar-refractivity contribution in [1.29, 1.82) is 0 Å². The molecule has 0 aromatic heterocycles. The van der Waals surface area contributed by atoms with Gasteiger partial charge in [0.05, 0.1) is 7.11 Å². The third-order valence-corrected chi connectivity index (χ3v) is 3.71. The van der Waals surface area contributed by atoms with E-state index in [9.17, 15) is 0 Å². The molecule has 1 heteroatoms. The molecule has 2 aromatic rings. The Morgan fingerprint density at radius 1 is 0.684 bits per heavy atom. The van der Waals surface area contributed by atoms with Crippen molar-refractivity contribution in [3.8, 4) is 5.75 Å². The summed E-state index contributed by atoms with van der Waals surface area (Å²) in [5, 5.41) is 2.47. The van der Waals surface area contributed by atoms with Crippen LogP contribution in [0.2, 0.25) is 0 Å². The van der Waals surface area contributed by atoms with E-state index in [-0.39, 0.29) is 0 Å². The standard InChI is InChI=1S/C11H10O.C7H14/c1-12-11-7-6-9-4-2-3-5-10(9)8-11;1-2-4-6-7-5-3-1/h2-8H,1H3;1-7H2. The minimum atomic E-state index is 0.911. The van der Waals surface area contributed by atoms with Gasteiger partial charge < -0.3 is 4.74 Å². The summed E-state index contributed by atoms with van der Waals surface area (Å²) in [5.41, 5.74) is 0. The van der Waals surface area contributed by atoms with Crippen molar-refractivity contribution < 1.29 is 4.74 Å². The van der Waals surface area contributed by atoms with Crippen molar-refractivity contribution in [1.82, 2.24) is 0 Å². The lowest BCUT2D eigenvalue weighted by Gasteiger charge is -2.00. The van der Waals surface area contributed by atoms with Crippen LogP contribution in [0.15, 0.2) is 42.5 Å². The molecular formula is C18H24O. The largest absolute Gasteiger partial charge is 0.497 e. The van der Waals surface area contributed by atoms with E-state index in [0.29, 0.717) is 0 Å². The van der Waals surface area contributed by atoms with Crippen LogP contribution < -0.4 is 4.74 Å². The quantitative estimate of drug-likeness (QED) is 0.605. The second-order valence-corrected chi connectivity index (χ2v) is 5.19. The molecule has 3 rings (SSSR count). The van der Waals surface area contributed by atoms with Gasteiger partial charge in [0.2, 0.25) is 0 Å². The summed E-state index contributed by atoms with van der Waals surface area (Å²) in [7, 11) is 1.68. The van der Waals surface area contributed by atoms with Crippen molar-refractivity contribution in [2.24, 2.45) is 0 Å². The Morgan fingerprint density at radius 2 is 1.21 bits per heavy atom. The van der Waals surface area contributed by atoms with Crippen molar-refractivity contribution in [2.45, 2.75) is 44.9 Å². The van der Waals surface area contributed by atoms with Crippen LogP contribution >= 0.6 is 0 Å². The lowest BCUT2D eigenvalue weighted by Crippen LogP contribution is -1.81. The summed E-state index contributed by atoms with van der Waals surface area (Å²) in [5.74, 6) is 0.911. The van der Waals surface area contributed by atoms with E-state index in [1.807, 2.05) is 24.3 Å². The molecule has 2 aromatic carbocycles. The van der Waals surface area contributed by atoms with Gasteiger partial charge in [-0.3, -0.25) is 0 Å². The van der Waals surface area contributed by atoms with Crippen LogP contribution in [0, 0.1) is 0 Å². The Bertz CT molecular complexity index is 470. The molecule has 0 atom stereocenters. The molecule has 0 saturated heterocycles. The topological polar surface area (TPSA) is 9.23 Å². The molecule has 0 unspecified atom stereocenters. The molecule has 1 aliphatic carbocycles. The number of hydrogen-bond donors (Lipinski definition) is 0. The summed E-state index contributed by atoms with van der Waals surface area (Å²) >= 11 is 0. The fourth-order valence-electron chi connectivity index (χ4n) is 2.53. The molecule has 1 nitrogen and oxygen atoms in total. The molecule has 0 N–H and O–H groups in total. The first kappa shape index (κ1) is 13.9. The molecule has 0 radical (unpaired) electrons. The number of methoxy groups -OCH3 is 1. The Kier molecular flexibility index (Phi) is 5.74. The van der Waals surface area contributed by atoms with Gasteiger partial charge in [0.1, 0.15) is 5.75 Å². The van der Waals surface area contributed by atoms with Gasteiger partial charge in [-0.15, -0.1) is 0 Å². The van der Waals surface area contributed by atoms with Gasteiger partial charge in [-0.2, -0.15) is 0 Å².